The molecule has 1 aliphatic rings. The number of ketones is 1. The van der Waals surface area contributed by atoms with Gasteiger partial charge in [-0.25, -0.2) is 0 Å². The van der Waals surface area contributed by atoms with Gasteiger partial charge in [-0.05, 0) is 23.8 Å². The van der Waals surface area contributed by atoms with Gasteiger partial charge >= 0.3 is 0 Å². The lowest BCUT2D eigenvalue weighted by molar-refractivity contribution is -0.136. The number of aromatic nitrogens is 1. The lowest BCUT2D eigenvalue weighted by atomic mass is 9.88. The highest BCUT2D eigenvalue weighted by Gasteiger charge is 2.50. The van der Waals surface area contributed by atoms with Crippen LogP contribution < -0.4 is 4.90 Å². The number of hydrogen-bond donors (Lipinski definition) is 1. The Hall–Kier alpha value is -3.31. The zero-order chi connectivity index (χ0) is 18.9. The van der Waals surface area contributed by atoms with Crippen LogP contribution in [-0.4, -0.2) is 21.8 Å². The van der Waals surface area contributed by atoms with Gasteiger partial charge in [0, 0.05) is 23.5 Å². The minimum Gasteiger partial charge on any atom is -0.375 e. The number of nitrogens with zero attached hydrogens (tertiary/aromatic N) is 2. The predicted octanol–water partition coefficient (Wildman–Crippen LogP) is 3.09. The van der Waals surface area contributed by atoms with Gasteiger partial charge in [0.25, 0.3) is 5.91 Å². The van der Waals surface area contributed by atoms with Crippen LogP contribution in [0.15, 0.2) is 79.1 Å². The molecule has 0 bridgehead atoms. The van der Waals surface area contributed by atoms with Gasteiger partial charge in [0.05, 0.1) is 18.7 Å². The van der Waals surface area contributed by atoms with Crippen molar-refractivity contribution in [1.29, 1.82) is 0 Å². The number of rotatable bonds is 5. The summed E-state index contributed by atoms with van der Waals surface area (Å²) in [7, 11) is 0. The van der Waals surface area contributed by atoms with Crippen molar-refractivity contribution in [2.45, 2.75) is 18.6 Å². The molecule has 4 rings (SSSR count). The summed E-state index contributed by atoms with van der Waals surface area (Å²) in [6.07, 6.45) is 2.70. The summed E-state index contributed by atoms with van der Waals surface area (Å²) in [5, 5.41) is 11.3. The maximum absolute atomic E-state index is 13.2. The molecule has 0 fully saturated rings. The van der Waals surface area contributed by atoms with Crippen molar-refractivity contribution in [1.82, 2.24) is 4.98 Å². The van der Waals surface area contributed by atoms with Crippen molar-refractivity contribution in [3.8, 4) is 0 Å². The highest BCUT2D eigenvalue weighted by Crippen LogP contribution is 2.43. The van der Waals surface area contributed by atoms with Gasteiger partial charge in [-0.2, -0.15) is 0 Å². The number of benzene rings is 2. The molecule has 1 aliphatic heterocycles. The molecule has 0 saturated heterocycles. The van der Waals surface area contributed by atoms with E-state index in [2.05, 4.69) is 4.98 Å². The number of carbonyl (C=O) groups is 2. The molecule has 2 heterocycles. The van der Waals surface area contributed by atoms with E-state index in [-0.39, 0.29) is 12.2 Å². The number of carbonyl (C=O) groups excluding carboxylic acids is 2. The summed E-state index contributed by atoms with van der Waals surface area (Å²) in [4.78, 5) is 31.3. The highest BCUT2D eigenvalue weighted by molar-refractivity contribution is 6.10. The second-order valence-corrected chi connectivity index (χ2v) is 6.60. The van der Waals surface area contributed by atoms with Crippen molar-refractivity contribution >= 4 is 17.4 Å². The topological polar surface area (TPSA) is 70.5 Å². The van der Waals surface area contributed by atoms with E-state index >= 15 is 0 Å². The number of Topliss-reactive ketones (excluding diaryl/α,β-unsaturated/α-hetero) is 1. The fourth-order valence-corrected chi connectivity index (χ4v) is 3.46. The molecule has 0 spiro atoms. The van der Waals surface area contributed by atoms with Crippen LogP contribution in [0.25, 0.3) is 0 Å². The summed E-state index contributed by atoms with van der Waals surface area (Å²) in [5.41, 5.74) is 0.537. The maximum Gasteiger partial charge on any atom is 0.264 e. The molecule has 1 atom stereocenters. The Morgan fingerprint density at radius 2 is 1.74 bits per heavy atom. The largest absolute Gasteiger partial charge is 0.375 e. The van der Waals surface area contributed by atoms with Crippen molar-refractivity contribution in [2.24, 2.45) is 0 Å². The fraction of sp³-hybridized carbons (Fsp3) is 0.136. The third kappa shape index (κ3) is 3.02. The first kappa shape index (κ1) is 17.1. The second-order valence-electron chi connectivity index (χ2n) is 6.60. The van der Waals surface area contributed by atoms with E-state index in [4.69, 9.17) is 0 Å². The molecule has 1 amide bonds. The molecular formula is C22H18N2O3. The number of hydrogen-bond acceptors (Lipinski definition) is 4. The fourth-order valence-electron chi connectivity index (χ4n) is 3.46. The molecule has 1 N–H and O–H groups in total. The van der Waals surface area contributed by atoms with Crippen LogP contribution in [0.3, 0.4) is 0 Å². The van der Waals surface area contributed by atoms with Crippen LogP contribution in [0.1, 0.15) is 27.9 Å². The number of amides is 1. The number of para-hydroxylation sites is 1. The normalized spacial score (nSPS) is 18.4. The SMILES string of the molecule is O=C(CC1(O)C(=O)N(Cc2ccccc2)c2ccccc21)c1cccnc1. The molecule has 2 aromatic carbocycles. The Kier molecular flexibility index (Phi) is 4.30. The summed E-state index contributed by atoms with van der Waals surface area (Å²) in [5.74, 6) is -0.805. The summed E-state index contributed by atoms with van der Waals surface area (Å²) in [6, 6.07) is 19.9. The van der Waals surface area contributed by atoms with Gasteiger partial charge in [-0.15, -0.1) is 0 Å². The third-order valence-electron chi connectivity index (χ3n) is 4.82. The summed E-state index contributed by atoms with van der Waals surface area (Å²) >= 11 is 0. The van der Waals surface area contributed by atoms with Gasteiger partial charge in [-0.3, -0.25) is 14.6 Å². The van der Waals surface area contributed by atoms with E-state index in [1.165, 1.54) is 6.20 Å². The van der Waals surface area contributed by atoms with E-state index in [0.29, 0.717) is 23.4 Å². The molecule has 3 aromatic rings. The summed E-state index contributed by atoms with van der Waals surface area (Å²) < 4.78 is 0. The van der Waals surface area contributed by atoms with Crippen LogP contribution in [0.4, 0.5) is 5.69 Å². The van der Waals surface area contributed by atoms with Crippen LogP contribution in [-0.2, 0) is 16.9 Å². The molecule has 27 heavy (non-hydrogen) atoms. The van der Waals surface area contributed by atoms with E-state index < -0.39 is 11.5 Å². The first-order valence-corrected chi connectivity index (χ1v) is 8.70. The molecule has 5 nitrogen and oxygen atoms in total. The minimum atomic E-state index is -1.88. The van der Waals surface area contributed by atoms with E-state index in [0.717, 1.165) is 5.56 Å². The van der Waals surface area contributed by atoms with Gasteiger partial charge in [-0.1, -0.05) is 48.5 Å². The zero-order valence-electron chi connectivity index (χ0n) is 14.6. The average Bonchev–Trinajstić information content (AvgIpc) is 2.92. The Balaban J connectivity index is 1.69. The minimum absolute atomic E-state index is 0.320. The quantitative estimate of drug-likeness (QED) is 0.712. The van der Waals surface area contributed by atoms with Gasteiger partial charge < -0.3 is 10.0 Å². The maximum atomic E-state index is 13.2. The van der Waals surface area contributed by atoms with Crippen LogP contribution >= 0.6 is 0 Å². The molecule has 0 saturated carbocycles. The molecule has 134 valence electrons. The molecular weight excluding hydrogens is 340 g/mol. The highest BCUT2D eigenvalue weighted by atomic mass is 16.3. The van der Waals surface area contributed by atoms with Gasteiger partial charge in [0.15, 0.2) is 11.4 Å². The number of aliphatic hydroxyl groups is 1. The Labute approximate surface area is 156 Å². The first-order chi connectivity index (χ1) is 13.1. The van der Waals surface area contributed by atoms with Crippen molar-refractivity contribution in [3.63, 3.8) is 0 Å². The lowest BCUT2D eigenvalue weighted by Crippen LogP contribution is -2.41. The van der Waals surface area contributed by atoms with Crippen LogP contribution in [0, 0.1) is 0 Å². The van der Waals surface area contributed by atoms with Crippen LogP contribution in [0.2, 0.25) is 0 Å². The molecule has 0 aliphatic carbocycles. The molecule has 5 heteroatoms. The Morgan fingerprint density at radius 3 is 2.48 bits per heavy atom. The predicted molar refractivity (Wildman–Crippen MR) is 101 cm³/mol. The van der Waals surface area contributed by atoms with Crippen molar-refractivity contribution < 1.29 is 14.7 Å². The molecule has 1 unspecified atom stereocenters. The van der Waals surface area contributed by atoms with E-state index in [1.807, 2.05) is 36.4 Å². The van der Waals surface area contributed by atoms with Gasteiger partial charge in [0.1, 0.15) is 0 Å². The smallest absolute Gasteiger partial charge is 0.264 e. The third-order valence-corrected chi connectivity index (χ3v) is 4.82. The molecule has 1 aromatic heterocycles. The second kappa shape index (κ2) is 6.78. The van der Waals surface area contributed by atoms with Crippen molar-refractivity contribution in [3.05, 3.63) is 95.8 Å². The van der Waals surface area contributed by atoms with Crippen LogP contribution in [0.5, 0.6) is 0 Å². The standard InChI is InChI=1S/C22H18N2O3/c25-20(17-9-6-12-23-14-17)13-22(27)18-10-4-5-11-19(18)24(21(22)26)15-16-7-2-1-3-8-16/h1-12,14,27H,13,15H2. The Morgan fingerprint density at radius 1 is 1.00 bits per heavy atom. The van der Waals surface area contributed by atoms with E-state index in [1.54, 1.807) is 41.4 Å². The zero-order valence-corrected chi connectivity index (χ0v) is 14.6. The lowest BCUT2D eigenvalue weighted by Gasteiger charge is -2.22. The summed E-state index contributed by atoms with van der Waals surface area (Å²) in [6.45, 7) is 0.333. The monoisotopic (exact) mass is 358 g/mol. The average molecular weight is 358 g/mol. The Bertz CT molecular complexity index is 989. The number of fused-ring (bicyclic) bond motifs is 1. The number of pyridine rings is 1. The molecule has 0 radical (unpaired) electrons. The van der Waals surface area contributed by atoms with Crippen molar-refractivity contribution in [2.75, 3.05) is 4.90 Å². The van der Waals surface area contributed by atoms with E-state index in [9.17, 15) is 14.7 Å². The first-order valence-electron chi connectivity index (χ1n) is 8.70. The van der Waals surface area contributed by atoms with Gasteiger partial charge in [0.2, 0.25) is 0 Å². The number of anilines is 1.